The molecule has 56 valence electrons. The molecule has 0 radical (unpaired) electrons. The van der Waals surface area contributed by atoms with Gasteiger partial charge in [-0.05, 0) is 19.4 Å². The summed E-state index contributed by atoms with van der Waals surface area (Å²) >= 11 is 0. The third-order valence-electron chi connectivity index (χ3n) is 1.92. The normalized spacial score (nSPS) is 32.0. The zero-order valence-electron chi connectivity index (χ0n) is 6.05. The number of carbonyl (C=O) groups is 1. The largest absolute Gasteiger partial charge is 0.479 e. The van der Waals surface area contributed by atoms with E-state index in [1.807, 2.05) is 0 Å². The van der Waals surface area contributed by atoms with Crippen molar-refractivity contribution in [1.82, 2.24) is 0 Å². The Hall–Kier alpha value is -0.830. The van der Waals surface area contributed by atoms with Crippen molar-refractivity contribution >= 4 is 5.97 Å². The Morgan fingerprint density at radius 1 is 1.90 bits per heavy atom. The van der Waals surface area contributed by atoms with Crippen LogP contribution in [0.15, 0.2) is 11.6 Å². The molecule has 0 aromatic carbocycles. The van der Waals surface area contributed by atoms with Gasteiger partial charge in [-0.3, -0.25) is 0 Å². The van der Waals surface area contributed by atoms with E-state index < -0.39 is 11.6 Å². The van der Waals surface area contributed by atoms with Crippen molar-refractivity contribution in [2.45, 2.75) is 19.4 Å². The Bertz CT molecular complexity index is 195. The molecule has 0 unspecified atom stereocenters. The van der Waals surface area contributed by atoms with Crippen molar-refractivity contribution in [3.05, 3.63) is 11.6 Å². The standard InChI is InChI=1S/C7H10O3/c1-5-3-4-10-7(5,2)6(8)9/h3H,4H2,1-2H3,(H,8,9)/t7-/m1/s1. The lowest BCUT2D eigenvalue weighted by Gasteiger charge is -2.19. The van der Waals surface area contributed by atoms with E-state index in [1.165, 1.54) is 0 Å². The molecule has 0 saturated heterocycles. The molecule has 0 amide bonds. The average Bonchev–Trinajstić information content (AvgIpc) is 2.15. The number of aliphatic carboxylic acids is 1. The molecule has 0 aromatic rings. The first-order valence-corrected chi connectivity index (χ1v) is 3.12. The number of hydrogen-bond acceptors (Lipinski definition) is 2. The number of ether oxygens (including phenoxy) is 1. The third kappa shape index (κ3) is 0.827. The SMILES string of the molecule is CC1=CCO[C@@]1(C)C(=O)O. The molecule has 0 aromatic heterocycles. The summed E-state index contributed by atoms with van der Waals surface area (Å²) in [5.41, 5.74) is -0.292. The molecule has 0 spiro atoms. The van der Waals surface area contributed by atoms with Crippen LogP contribution in [0.1, 0.15) is 13.8 Å². The lowest BCUT2D eigenvalue weighted by atomic mass is 9.99. The Morgan fingerprint density at radius 2 is 2.50 bits per heavy atom. The van der Waals surface area contributed by atoms with Crippen molar-refractivity contribution < 1.29 is 14.6 Å². The molecule has 3 heteroatoms. The zero-order valence-corrected chi connectivity index (χ0v) is 6.05. The first kappa shape index (κ1) is 7.28. The lowest BCUT2D eigenvalue weighted by molar-refractivity contribution is -0.155. The highest BCUT2D eigenvalue weighted by Gasteiger charge is 2.38. The van der Waals surface area contributed by atoms with Crippen LogP contribution >= 0.6 is 0 Å². The maximum absolute atomic E-state index is 10.6. The van der Waals surface area contributed by atoms with Crippen molar-refractivity contribution in [3.63, 3.8) is 0 Å². The molecule has 1 aliphatic rings. The highest BCUT2D eigenvalue weighted by atomic mass is 16.5. The summed E-state index contributed by atoms with van der Waals surface area (Å²) < 4.78 is 5.02. The van der Waals surface area contributed by atoms with Crippen molar-refractivity contribution in [2.24, 2.45) is 0 Å². The third-order valence-corrected chi connectivity index (χ3v) is 1.92. The van der Waals surface area contributed by atoms with Crippen LogP contribution in [0.25, 0.3) is 0 Å². The number of rotatable bonds is 1. The molecule has 1 heterocycles. The molecule has 10 heavy (non-hydrogen) atoms. The van der Waals surface area contributed by atoms with Crippen LogP contribution in [0.2, 0.25) is 0 Å². The fraction of sp³-hybridized carbons (Fsp3) is 0.571. The summed E-state index contributed by atoms with van der Waals surface area (Å²) in [6, 6.07) is 0. The summed E-state index contributed by atoms with van der Waals surface area (Å²) in [7, 11) is 0. The molecule has 0 bridgehead atoms. The molecular formula is C7H10O3. The maximum atomic E-state index is 10.6. The Kier molecular flexibility index (Phi) is 1.52. The highest BCUT2D eigenvalue weighted by Crippen LogP contribution is 2.26. The minimum Gasteiger partial charge on any atom is -0.479 e. The van der Waals surface area contributed by atoms with Gasteiger partial charge in [0, 0.05) is 0 Å². The van der Waals surface area contributed by atoms with Gasteiger partial charge >= 0.3 is 5.97 Å². The minimum absolute atomic E-state index is 0.411. The summed E-state index contributed by atoms with van der Waals surface area (Å²) in [4.78, 5) is 10.6. The van der Waals surface area contributed by atoms with Gasteiger partial charge in [0.05, 0.1) is 6.61 Å². The van der Waals surface area contributed by atoms with Gasteiger partial charge in [-0.1, -0.05) is 6.08 Å². The number of hydrogen-bond donors (Lipinski definition) is 1. The topological polar surface area (TPSA) is 46.5 Å². The molecule has 1 rings (SSSR count). The van der Waals surface area contributed by atoms with E-state index in [-0.39, 0.29) is 0 Å². The van der Waals surface area contributed by atoms with E-state index in [1.54, 1.807) is 19.9 Å². The van der Waals surface area contributed by atoms with Gasteiger partial charge in [-0.2, -0.15) is 0 Å². The maximum Gasteiger partial charge on any atom is 0.340 e. The van der Waals surface area contributed by atoms with Crippen LogP contribution in [0, 0.1) is 0 Å². The summed E-state index contributed by atoms with van der Waals surface area (Å²) in [5.74, 6) is -0.918. The van der Waals surface area contributed by atoms with Crippen LogP contribution in [0.3, 0.4) is 0 Å². The number of carboxylic acid groups (broad SMARTS) is 1. The van der Waals surface area contributed by atoms with E-state index in [0.717, 1.165) is 5.57 Å². The number of carboxylic acids is 1. The van der Waals surface area contributed by atoms with E-state index in [9.17, 15) is 4.79 Å². The second kappa shape index (κ2) is 2.09. The van der Waals surface area contributed by atoms with Crippen LogP contribution in [0.4, 0.5) is 0 Å². The molecular weight excluding hydrogens is 132 g/mol. The van der Waals surface area contributed by atoms with E-state index >= 15 is 0 Å². The van der Waals surface area contributed by atoms with Crippen LogP contribution < -0.4 is 0 Å². The Balaban J connectivity index is 2.89. The van der Waals surface area contributed by atoms with Gasteiger partial charge < -0.3 is 9.84 Å². The van der Waals surface area contributed by atoms with Gasteiger partial charge in [-0.15, -0.1) is 0 Å². The zero-order chi connectivity index (χ0) is 7.78. The summed E-state index contributed by atoms with van der Waals surface area (Å²) in [6.45, 7) is 3.74. The summed E-state index contributed by atoms with van der Waals surface area (Å²) in [6.07, 6.45) is 1.79. The van der Waals surface area contributed by atoms with E-state index in [4.69, 9.17) is 9.84 Å². The monoisotopic (exact) mass is 142 g/mol. The average molecular weight is 142 g/mol. The fourth-order valence-electron chi connectivity index (χ4n) is 0.872. The molecule has 1 N–H and O–H groups in total. The van der Waals surface area contributed by atoms with E-state index in [2.05, 4.69) is 0 Å². The first-order chi connectivity index (χ1) is 4.57. The predicted octanol–water partition coefficient (Wildman–Crippen LogP) is 0.806. The van der Waals surface area contributed by atoms with Gasteiger partial charge in [0.25, 0.3) is 0 Å². The minimum atomic E-state index is -1.07. The lowest BCUT2D eigenvalue weighted by Crippen LogP contribution is -2.36. The highest BCUT2D eigenvalue weighted by molar-refractivity contribution is 5.81. The molecule has 1 aliphatic heterocycles. The van der Waals surface area contributed by atoms with Crippen molar-refractivity contribution in [2.75, 3.05) is 6.61 Å². The van der Waals surface area contributed by atoms with Gasteiger partial charge in [-0.25, -0.2) is 4.79 Å². The second-order valence-corrected chi connectivity index (χ2v) is 2.54. The summed E-state index contributed by atoms with van der Waals surface area (Å²) in [5, 5.41) is 8.68. The van der Waals surface area contributed by atoms with Crippen molar-refractivity contribution in [3.8, 4) is 0 Å². The Morgan fingerprint density at radius 3 is 2.70 bits per heavy atom. The molecule has 0 saturated carbocycles. The van der Waals surface area contributed by atoms with Crippen LogP contribution in [-0.2, 0) is 9.53 Å². The van der Waals surface area contributed by atoms with Crippen LogP contribution in [0.5, 0.6) is 0 Å². The van der Waals surface area contributed by atoms with Crippen LogP contribution in [-0.4, -0.2) is 23.3 Å². The molecule has 0 aliphatic carbocycles. The van der Waals surface area contributed by atoms with Gasteiger partial charge in [0.2, 0.25) is 0 Å². The predicted molar refractivity (Wildman–Crippen MR) is 35.7 cm³/mol. The van der Waals surface area contributed by atoms with Gasteiger partial charge in [0.1, 0.15) is 0 Å². The molecule has 0 fully saturated rings. The van der Waals surface area contributed by atoms with Crippen molar-refractivity contribution in [1.29, 1.82) is 0 Å². The van der Waals surface area contributed by atoms with Gasteiger partial charge in [0.15, 0.2) is 5.60 Å². The van der Waals surface area contributed by atoms with E-state index in [0.29, 0.717) is 6.61 Å². The molecule has 3 nitrogen and oxygen atoms in total. The first-order valence-electron chi connectivity index (χ1n) is 3.12. The second-order valence-electron chi connectivity index (χ2n) is 2.54. The quantitative estimate of drug-likeness (QED) is 0.551. The fourth-order valence-corrected chi connectivity index (χ4v) is 0.872. The molecule has 1 atom stereocenters. The Labute approximate surface area is 59.3 Å². The smallest absolute Gasteiger partial charge is 0.340 e.